The second kappa shape index (κ2) is 6.91. The molecule has 2 N–H and O–H groups in total. The van der Waals surface area contributed by atoms with Gasteiger partial charge >= 0.3 is 0 Å². The predicted molar refractivity (Wildman–Crippen MR) is 113 cm³/mol. The van der Waals surface area contributed by atoms with Crippen LogP contribution in [0.25, 0.3) is 16.7 Å². The zero-order chi connectivity index (χ0) is 20.9. The van der Waals surface area contributed by atoms with Gasteiger partial charge in [0.1, 0.15) is 10.3 Å². The largest absolute Gasteiger partial charge is 0.317 e. The molecule has 3 aromatic heterocycles. The molecular formula is C22H21N4O3S+. The number of nitrogens with zero attached hydrogens (tertiary/aromatic N) is 3. The van der Waals surface area contributed by atoms with Crippen molar-refractivity contribution in [2.75, 3.05) is 5.73 Å². The first kappa shape index (κ1) is 18.7. The number of rotatable bonds is 3. The Morgan fingerprint density at radius 3 is 2.47 bits per heavy atom. The van der Waals surface area contributed by atoms with Gasteiger partial charge in [0.05, 0.1) is 10.9 Å². The van der Waals surface area contributed by atoms with Crippen molar-refractivity contribution in [1.82, 2.24) is 9.38 Å². The number of nitrogen functional groups attached to an aromatic ring is 1. The molecule has 30 heavy (non-hydrogen) atoms. The van der Waals surface area contributed by atoms with Crippen LogP contribution >= 0.6 is 0 Å². The van der Waals surface area contributed by atoms with Crippen molar-refractivity contribution in [1.29, 1.82) is 0 Å². The van der Waals surface area contributed by atoms with Gasteiger partial charge in [0.2, 0.25) is 21.3 Å². The Balaban J connectivity index is 1.91. The topological polar surface area (TPSA) is 98.4 Å². The van der Waals surface area contributed by atoms with Crippen molar-refractivity contribution in [2.45, 2.75) is 41.5 Å². The number of sulfone groups is 1. The van der Waals surface area contributed by atoms with Crippen LogP contribution in [0.15, 0.2) is 75.4 Å². The third-order valence-electron chi connectivity index (χ3n) is 5.80. The van der Waals surface area contributed by atoms with Crippen LogP contribution in [0, 0.1) is 0 Å². The average Bonchev–Trinajstić information content (AvgIpc) is 3.28. The molecule has 8 heteroatoms. The van der Waals surface area contributed by atoms with Gasteiger partial charge in [-0.05, 0) is 56.0 Å². The van der Waals surface area contributed by atoms with Gasteiger partial charge in [0, 0.05) is 6.20 Å². The SMILES string of the molecule is Nc1c(S(=O)(=O)c2ccccc2)cc2c(=O)n3ccccc3nc2[n+]1C1CCCC1. The lowest BCUT2D eigenvalue weighted by molar-refractivity contribution is -0.686. The first-order chi connectivity index (χ1) is 14.5. The minimum Gasteiger partial charge on any atom is -0.317 e. The van der Waals surface area contributed by atoms with Crippen molar-refractivity contribution in [3.8, 4) is 0 Å². The summed E-state index contributed by atoms with van der Waals surface area (Å²) in [5.41, 5.74) is 7.10. The maximum absolute atomic E-state index is 13.4. The van der Waals surface area contributed by atoms with Crippen LogP contribution < -0.4 is 15.9 Å². The molecule has 0 amide bonds. The van der Waals surface area contributed by atoms with Crippen molar-refractivity contribution in [2.24, 2.45) is 0 Å². The van der Waals surface area contributed by atoms with Crippen molar-refractivity contribution in [3.05, 3.63) is 71.1 Å². The number of anilines is 1. The van der Waals surface area contributed by atoms with E-state index in [-0.39, 0.29) is 32.6 Å². The van der Waals surface area contributed by atoms with E-state index < -0.39 is 9.84 Å². The van der Waals surface area contributed by atoms with E-state index in [0.717, 1.165) is 25.7 Å². The molecule has 0 atom stereocenters. The lowest BCUT2D eigenvalue weighted by Crippen LogP contribution is -2.44. The highest BCUT2D eigenvalue weighted by Gasteiger charge is 2.33. The van der Waals surface area contributed by atoms with E-state index in [4.69, 9.17) is 10.7 Å². The van der Waals surface area contributed by atoms with E-state index in [1.54, 1.807) is 41.1 Å². The fourth-order valence-corrected chi connectivity index (χ4v) is 5.73. The standard InChI is InChI=1S/C22H20N4O3S/c23-20-18(30(28,29)16-10-2-1-3-11-16)14-17-21(26(20)15-8-4-5-9-15)24-19-12-6-7-13-25(19)22(17)27/h1-3,6-7,10-15,23H,4-5,8-9H2/p+1. The summed E-state index contributed by atoms with van der Waals surface area (Å²) in [6.45, 7) is 0. The molecule has 1 aliphatic rings. The zero-order valence-corrected chi connectivity index (χ0v) is 17.0. The predicted octanol–water partition coefficient (Wildman–Crippen LogP) is 2.67. The summed E-state index contributed by atoms with van der Waals surface area (Å²) in [6, 6.07) is 14.8. The summed E-state index contributed by atoms with van der Waals surface area (Å²) in [6.07, 6.45) is 5.43. The van der Waals surface area contributed by atoms with Gasteiger partial charge in [-0.3, -0.25) is 9.20 Å². The molecule has 0 saturated heterocycles. The van der Waals surface area contributed by atoms with Gasteiger partial charge in [0.25, 0.3) is 11.2 Å². The molecule has 0 radical (unpaired) electrons. The highest BCUT2D eigenvalue weighted by molar-refractivity contribution is 7.91. The second-order valence-electron chi connectivity index (χ2n) is 7.60. The van der Waals surface area contributed by atoms with Gasteiger partial charge < -0.3 is 5.73 Å². The van der Waals surface area contributed by atoms with Crippen LogP contribution in [-0.4, -0.2) is 17.8 Å². The smallest absolute Gasteiger partial charge is 0.278 e. The van der Waals surface area contributed by atoms with Crippen LogP contribution in [0.2, 0.25) is 0 Å². The van der Waals surface area contributed by atoms with Gasteiger partial charge in [-0.1, -0.05) is 29.2 Å². The number of benzene rings is 1. The first-order valence-electron chi connectivity index (χ1n) is 9.94. The van der Waals surface area contributed by atoms with E-state index in [1.165, 1.54) is 22.6 Å². The van der Waals surface area contributed by atoms with Crippen molar-refractivity contribution >= 4 is 32.3 Å². The monoisotopic (exact) mass is 421 g/mol. The zero-order valence-electron chi connectivity index (χ0n) is 16.2. The Morgan fingerprint density at radius 2 is 1.73 bits per heavy atom. The van der Waals surface area contributed by atoms with E-state index in [2.05, 4.69) is 0 Å². The summed E-state index contributed by atoms with van der Waals surface area (Å²) in [5.74, 6) is 0.130. The maximum Gasteiger partial charge on any atom is 0.278 e. The minimum absolute atomic E-state index is 0.0106. The summed E-state index contributed by atoms with van der Waals surface area (Å²) in [7, 11) is -3.90. The third kappa shape index (κ3) is 2.79. The normalized spacial score (nSPS) is 15.2. The maximum atomic E-state index is 13.4. The fraction of sp³-hybridized carbons (Fsp3) is 0.227. The van der Waals surface area contributed by atoms with Gasteiger partial charge in [-0.25, -0.2) is 13.0 Å². The molecule has 152 valence electrons. The Kier molecular flexibility index (Phi) is 4.32. The number of aromatic nitrogens is 3. The lowest BCUT2D eigenvalue weighted by atomic mass is 10.2. The summed E-state index contributed by atoms with van der Waals surface area (Å²) >= 11 is 0. The minimum atomic E-state index is -3.90. The third-order valence-corrected chi connectivity index (χ3v) is 7.60. The Bertz CT molecular complexity index is 1440. The number of pyridine rings is 2. The van der Waals surface area contributed by atoms with Crippen LogP contribution in [0.1, 0.15) is 31.7 Å². The van der Waals surface area contributed by atoms with Gasteiger partial charge in [-0.2, -0.15) is 0 Å². The molecule has 7 nitrogen and oxygen atoms in total. The molecule has 1 fully saturated rings. The molecule has 3 heterocycles. The van der Waals surface area contributed by atoms with E-state index >= 15 is 0 Å². The van der Waals surface area contributed by atoms with E-state index in [9.17, 15) is 13.2 Å². The molecule has 0 aliphatic heterocycles. The molecule has 1 aliphatic carbocycles. The molecule has 0 spiro atoms. The van der Waals surface area contributed by atoms with Crippen molar-refractivity contribution < 1.29 is 13.0 Å². The fourth-order valence-electron chi connectivity index (χ4n) is 4.31. The van der Waals surface area contributed by atoms with Crippen LogP contribution in [0.3, 0.4) is 0 Å². The first-order valence-corrected chi connectivity index (χ1v) is 11.4. The quantitative estimate of drug-likeness (QED) is 0.405. The second-order valence-corrected chi connectivity index (χ2v) is 9.52. The highest BCUT2D eigenvalue weighted by atomic mass is 32.2. The van der Waals surface area contributed by atoms with Crippen molar-refractivity contribution in [3.63, 3.8) is 0 Å². The summed E-state index contributed by atoms with van der Waals surface area (Å²) in [4.78, 5) is 18.0. The highest BCUT2D eigenvalue weighted by Crippen LogP contribution is 2.31. The molecule has 1 aromatic carbocycles. The van der Waals surface area contributed by atoms with Crippen LogP contribution in [-0.2, 0) is 9.84 Å². The molecule has 5 rings (SSSR count). The van der Waals surface area contributed by atoms with E-state index in [0.29, 0.717) is 11.3 Å². The molecule has 1 saturated carbocycles. The van der Waals surface area contributed by atoms with E-state index in [1.807, 2.05) is 6.07 Å². The molecule has 0 bridgehead atoms. The summed E-state index contributed by atoms with van der Waals surface area (Å²) in [5, 5.41) is 0.245. The number of nitrogens with two attached hydrogens (primary N) is 1. The lowest BCUT2D eigenvalue weighted by Gasteiger charge is -2.17. The molecule has 4 aromatic rings. The Labute approximate surface area is 173 Å². The van der Waals surface area contributed by atoms with Gasteiger partial charge in [-0.15, -0.1) is 0 Å². The molecular weight excluding hydrogens is 400 g/mol. The average molecular weight is 422 g/mol. The van der Waals surface area contributed by atoms with Crippen LogP contribution in [0.5, 0.6) is 0 Å². The number of hydrogen-bond acceptors (Lipinski definition) is 5. The molecule has 0 unspecified atom stereocenters. The number of fused-ring (bicyclic) bond motifs is 2. The Morgan fingerprint density at radius 1 is 1.03 bits per heavy atom. The van der Waals surface area contributed by atoms with Gasteiger partial charge in [0.15, 0.2) is 0 Å². The number of hydrogen-bond donors (Lipinski definition) is 1. The summed E-state index contributed by atoms with van der Waals surface area (Å²) < 4.78 is 30.0. The Hall–Kier alpha value is -3.26. The van der Waals surface area contributed by atoms with Crippen LogP contribution in [0.4, 0.5) is 5.82 Å².